The average molecular weight is 267 g/mol. The van der Waals surface area contributed by atoms with Gasteiger partial charge in [-0.05, 0) is 26.7 Å². The van der Waals surface area contributed by atoms with Crippen LogP contribution in [0.25, 0.3) is 11.2 Å². The molecular weight excluding hydrogens is 252 g/mol. The van der Waals surface area contributed by atoms with Crippen molar-refractivity contribution in [3.8, 4) is 5.88 Å². The Morgan fingerprint density at radius 2 is 2.17 bits per heavy atom. The smallest absolute Gasteiger partial charge is 0.245 e. The molecule has 1 fully saturated rings. The zero-order valence-corrected chi connectivity index (χ0v) is 11.4. The molecule has 1 aliphatic rings. The van der Waals surface area contributed by atoms with Crippen LogP contribution in [0.2, 0.25) is 0 Å². The number of alkyl halides is 1. The average Bonchev–Trinajstić information content (AvgIpc) is 2.95. The van der Waals surface area contributed by atoms with Gasteiger partial charge in [0.15, 0.2) is 11.2 Å². The van der Waals surface area contributed by atoms with Crippen molar-refractivity contribution in [2.24, 2.45) is 0 Å². The lowest BCUT2D eigenvalue weighted by Gasteiger charge is -2.16. The van der Waals surface area contributed by atoms with Gasteiger partial charge in [0, 0.05) is 5.54 Å². The molecular formula is C12H15ClN4O. The Morgan fingerprint density at radius 3 is 2.72 bits per heavy atom. The number of aromatic nitrogens is 4. The predicted molar refractivity (Wildman–Crippen MR) is 69.0 cm³/mol. The van der Waals surface area contributed by atoms with Crippen molar-refractivity contribution in [1.82, 2.24) is 19.5 Å². The zero-order chi connectivity index (χ0) is 12.9. The lowest BCUT2D eigenvalue weighted by atomic mass is 10.3. The quantitative estimate of drug-likeness (QED) is 0.802. The van der Waals surface area contributed by atoms with Gasteiger partial charge in [0.25, 0.3) is 0 Å². The summed E-state index contributed by atoms with van der Waals surface area (Å²) in [5.74, 6) is 1.34. The van der Waals surface area contributed by atoms with E-state index in [0.29, 0.717) is 11.4 Å². The Labute approximate surface area is 110 Å². The Morgan fingerprint density at radius 1 is 1.44 bits per heavy atom. The first-order valence-electron chi connectivity index (χ1n) is 5.99. The molecule has 1 aliphatic carbocycles. The fourth-order valence-electron chi connectivity index (χ4n) is 2.24. The summed E-state index contributed by atoms with van der Waals surface area (Å²) in [5.41, 5.74) is 1.59. The van der Waals surface area contributed by atoms with Crippen LogP contribution in [-0.4, -0.2) is 26.6 Å². The number of halogens is 1. The lowest BCUT2D eigenvalue weighted by molar-refractivity contribution is 0.401. The van der Waals surface area contributed by atoms with Gasteiger partial charge in [0.2, 0.25) is 5.88 Å². The standard InChI is InChI=1S/C12H15ClN4O/c1-7(13)9-16-8-10(14-6-15-11(8)18-3)17(9)12(2)4-5-12/h6-7H,4-5H2,1-3H3. The molecule has 0 radical (unpaired) electrons. The number of methoxy groups -OCH3 is 1. The van der Waals surface area contributed by atoms with Crippen LogP contribution < -0.4 is 4.74 Å². The third-order valence-corrected chi connectivity index (χ3v) is 3.69. The summed E-state index contributed by atoms with van der Waals surface area (Å²) in [5, 5.41) is -0.165. The summed E-state index contributed by atoms with van der Waals surface area (Å²) >= 11 is 6.24. The van der Waals surface area contributed by atoms with Gasteiger partial charge in [0.1, 0.15) is 12.2 Å². The number of fused-ring (bicyclic) bond motifs is 1. The van der Waals surface area contributed by atoms with Crippen molar-refractivity contribution < 1.29 is 4.74 Å². The molecule has 18 heavy (non-hydrogen) atoms. The molecule has 1 saturated carbocycles. The molecule has 0 saturated heterocycles. The highest BCUT2D eigenvalue weighted by atomic mass is 35.5. The molecule has 96 valence electrons. The highest BCUT2D eigenvalue weighted by Gasteiger charge is 2.43. The Bertz CT molecular complexity index is 603. The third-order valence-electron chi connectivity index (χ3n) is 3.50. The van der Waals surface area contributed by atoms with E-state index in [2.05, 4.69) is 26.4 Å². The van der Waals surface area contributed by atoms with E-state index >= 15 is 0 Å². The molecule has 2 aromatic heterocycles. The maximum absolute atomic E-state index is 6.24. The van der Waals surface area contributed by atoms with Gasteiger partial charge in [-0.3, -0.25) is 0 Å². The van der Waals surface area contributed by atoms with Crippen LogP contribution in [0.1, 0.15) is 37.9 Å². The second kappa shape index (κ2) is 3.82. The summed E-state index contributed by atoms with van der Waals surface area (Å²) in [7, 11) is 1.59. The maximum atomic E-state index is 6.24. The van der Waals surface area contributed by atoms with E-state index in [-0.39, 0.29) is 10.9 Å². The van der Waals surface area contributed by atoms with Crippen LogP contribution in [0.4, 0.5) is 0 Å². The molecule has 5 nitrogen and oxygen atoms in total. The number of hydrogen-bond donors (Lipinski definition) is 0. The second-order valence-corrected chi connectivity index (χ2v) is 5.63. The first-order chi connectivity index (χ1) is 8.57. The number of imidazole rings is 1. The fourth-order valence-corrected chi connectivity index (χ4v) is 2.39. The predicted octanol–water partition coefficient (Wildman–Crippen LogP) is 2.64. The number of nitrogens with zero attached hydrogens (tertiary/aromatic N) is 4. The molecule has 0 aliphatic heterocycles. The van der Waals surface area contributed by atoms with E-state index in [1.165, 1.54) is 6.33 Å². The highest BCUT2D eigenvalue weighted by molar-refractivity contribution is 6.20. The summed E-state index contributed by atoms with van der Waals surface area (Å²) in [6, 6.07) is 0. The summed E-state index contributed by atoms with van der Waals surface area (Å²) < 4.78 is 7.38. The molecule has 0 spiro atoms. The molecule has 2 heterocycles. The summed E-state index contributed by atoms with van der Waals surface area (Å²) in [4.78, 5) is 13.0. The van der Waals surface area contributed by atoms with E-state index in [4.69, 9.17) is 16.3 Å². The zero-order valence-electron chi connectivity index (χ0n) is 10.6. The van der Waals surface area contributed by atoms with E-state index < -0.39 is 0 Å². The third kappa shape index (κ3) is 1.57. The maximum Gasteiger partial charge on any atom is 0.245 e. The molecule has 0 aromatic carbocycles. The van der Waals surface area contributed by atoms with Crippen LogP contribution in [0.15, 0.2) is 6.33 Å². The van der Waals surface area contributed by atoms with Gasteiger partial charge in [-0.25, -0.2) is 9.97 Å². The number of hydrogen-bond acceptors (Lipinski definition) is 4. The molecule has 1 unspecified atom stereocenters. The number of ether oxygens (including phenoxy) is 1. The molecule has 2 aromatic rings. The monoisotopic (exact) mass is 266 g/mol. The fraction of sp³-hybridized carbons (Fsp3) is 0.583. The normalized spacial score (nSPS) is 18.9. The molecule has 6 heteroatoms. The second-order valence-electron chi connectivity index (χ2n) is 4.97. The number of rotatable bonds is 3. The Kier molecular flexibility index (Phi) is 2.48. The topological polar surface area (TPSA) is 52.8 Å². The van der Waals surface area contributed by atoms with E-state index in [1.807, 2.05) is 6.92 Å². The van der Waals surface area contributed by atoms with Crippen molar-refractivity contribution in [3.05, 3.63) is 12.2 Å². The Hall–Kier alpha value is -1.36. The van der Waals surface area contributed by atoms with Crippen LogP contribution in [0.5, 0.6) is 5.88 Å². The largest absolute Gasteiger partial charge is 0.479 e. The van der Waals surface area contributed by atoms with Crippen LogP contribution in [-0.2, 0) is 5.54 Å². The SMILES string of the molecule is COc1ncnc2c1nc(C(C)Cl)n2C1(C)CC1. The van der Waals surface area contributed by atoms with Gasteiger partial charge in [-0.1, -0.05) is 0 Å². The minimum absolute atomic E-state index is 0.0899. The highest BCUT2D eigenvalue weighted by Crippen LogP contribution is 2.47. The molecule has 0 bridgehead atoms. The summed E-state index contributed by atoms with van der Waals surface area (Å²) in [6.45, 7) is 4.12. The molecule has 0 amide bonds. The van der Waals surface area contributed by atoms with Crippen molar-refractivity contribution in [2.75, 3.05) is 7.11 Å². The van der Waals surface area contributed by atoms with Crippen LogP contribution in [0, 0.1) is 0 Å². The van der Waals surface area contributed by atoms with Crippen molar-refractivity contribution >= 4 is 22.8 Å². The van der Waals surface area contributed by atoms with E-state index in [9.17, 15) is 0 Å². The van der Waals surface area contributed by atoms with Gasteiger partial charge >= 0.3 is 0 Å². The van der Waals surface area contributed by atoms with E-state index in [0.717, 1.165) is 24.3 Å². The van der Waals surface area contributed by atoms with Gasteiger partial charge in [-0.2, -0.15) is 4.98 Å². The van der Waals surface area contributed by atoms with Crippen molar-refractivity contribution in [1.29, 1.82) is 0 Å². The minimum atomic E-state index is -0.165. The van der Waals surface area contributed by atoms with Crippen molar-refractivity contribution in [3.63, 3.8) is 0 Å². The lowest BCUT2D eigenvalue weighted by Crippen LogP contribution is -2.16. The van der Waals surface area contributed by atoms with Crippen LogP contribution >= 0.6 is 11.6 Å². The van der Waals surface area contributed by atoms with Crippen LogP contribution in [0.3, 0.4) is 0 Å². The van der Waals surface area contributed by atoms with E-state index in [1.54, 1.807) is 7.11 Å². The van der Waals surface area contributed by atoms with Gasteiger partial charge in [-0.15, -0.1) is 11.6 Å². The first-order valence-corrected chi connectivity index (χ1v) is 6.42. The van der Waals surface area contributed by atoms with Crippen molar-refractivity contribution in [2.45, 2.75) is 37.6 Å². The minimum Gasteiger partial charge on any atom is -0.479 e. The first kappa shape index (κ1) is 11.7. The summed E-state index contributed by atoms with van der Waals surface area (Å²) in [6.07, 6.45) is 3.76. The molecule has 3 rings (SSSR count). The van der Waals surface area contributed by atoms with Gasteiger partial charge in [0.05, 0.1) is 12.5 Å². The molecule has 1 atom stereocenters. The molecule has 0 N–H and O–H groups in total. The van der Waals surface area contributed by atoms with Gasteiger partial charge < -0.3 is 9.30 Å². The Balaban J connectivity index is 2.33.